The SMILES string of the molecule is CSc1cccc(F)c1C(C)CC(=O)O. The average molecular weight is 228 g/mol. The molecule has 1 rings (SSSR count). The van der Waals surface area contributed by atoms with Crippen molar-refractivity contribution in [2.24, 2.45) is 0 Å². The molecule has 1 aromatic rings. The van der Waals surface area contributed by atoms with E-state index in [4.69, 9.17) is 5.11 Å². The fraction of sp³-hybridized carbons (Fsp3) is 0.364. The molecule has 0 bridgehead atoms. The van der Waals surface area contributed by atoms with Gasteiger partial charge in [0, 0.05) is 10.5 Å². The summed E-state index contributed by atoms with van der Waals surface area (Å²) in [5.74, 6) is -1.53. The van der Waals surface area contributed by atoms with E-state index in [2.05, 4.69) is 0 Å². The van der Waals surface area contributed by atoms with Crippen molar-refractivity contribution in [2.45, 2.75) is 24.2 Å². The van der Waals surface area contributed by atoms with Crippen LogP contribution < -0.4 is 0 Å². The molecule has 0 aliphatic heterocycles. The quantitative estimate of drug-likeness (QED) is 0.804. The first-order chi connectivity index (χ1) is 7.06. The maximum Gasteiger partial charge on any atom is 0.303 e. The molecule has 1 aromatic carbocycles. The fourth-order valence-corrected chi connectivity index (χ4v) is 2.27. The first kappa shape index (κ1) is 12.0. The van der Waals surface area contributed by atoms with Gasteiger partial charge in [-0.05, 0) is 24.3 Å². The highest BCUT2D eigenvalue weighted by atomic mass is 32.2. The second-order valence-corrected chi connectivity index (χ2v) is 4.20. The van der Waals surface area contributed by atoms with E-state index in [1.807, 2.05) is 6.26 Å². The molecule has 0 aliphatic carbocycles. The molecule has 15 heavy (non-hydrogen) atoms. The van der Waals surface area contributed by atoms with Crippen molar-refractivity contribution in [3.8, 4) is 0 Å². The largest absolute Gasteiger partial charge is 0.481 e. The van der Waals surface area contributed by atoms with E-state index < -0.39 is 5.97 Å². The fourth-order valence-electron chi connectivity index (χ4n) is 1.54. The van der Waals surface area contributed by atoms with Crippen molar-refractivity contribution in [3.63, 3.8) is 0 Å². The van der Waals surface area contributed by atoms with Gasteiger partial charge in [-0.15, -0.1) is 11.8 Å². The van der Waals surface area contributed by atoms with Crippen molar-refractivity contribution in [1.29, 1.82) is 0 Å². The summed E-state index contributed by atoms with van der Waals surface area (Å²) in [5.41, 5.74) is 0.507. The third-order valence-electron chi connectivity index (χ3n) is 2.21. The minimum absolute atomic E-state index is 0.0471. The molecule has 4 heteroatoms. The Hall–Kier alpha value is -1.03. The van der Waals surface area contributed by atoms with Crippen molar-refractivity contribution >= 4 is 17.7 Å². The van der Waals surface area contributed by atoms with Gasteiger partial charge in [0.25, 0.3) is 0 Å². The van der Waals surface area contributed by atoms with E-state index in [0.29, 0.717) is 5.56 Å². The molecule has 0 aliphatic rings. The van der Waals surface area contributed by atoms with Crippen LogP contribution in [0, 0.1) is 5.82 Å². The Bertz CT molecular complexity index is 366. The minimum atomic E-state index is -0.905. The number of aliphatic carboxylic acids is 1. The third-order valence-corrected chi connectivity index (χ3v) is 3.00. The number of hydrogen-bond acceptors (Lipinski definition) is 2. The monoisotopic (exact) mass is 228 g/mol. The highest BCUT2D eigenvalue weighted by Crippen LogP contribution is 2.31. The molecule has 1 atom stereocenters. The summed E-state index contributed by atoms with van der Waals surface area (Å²) in [7, 11) is 0. The molecule has 0 aromatic heterocycles. The van der Waals surface area contributed by atoms with Gasteiger partial charge in [-0.3, -0.25) is 4.79 Å². The molecule has 0 saturated heterocycles. The van der Waals surface area contributed by atoms with Crippen molar-refractivity contribution in [1.82, 2.24) is 0 Å². The predicted molar refractivity (Wildman–Crippen MR) is 58.8 cm³/mol. The molecule has 1 unspecified atom stereocenters. The zero-order chi connectivity index (χ0) is 11.4. The summed E-state index contributed by atoms with van der Waals surface area (Å²) in [6, 6.07) is 4.81. The van der Waals surface area contributed by atoms with Gasteiger partial charge >= 0.3 is 5.97 Å². The first-order valence-corrected chi connectivity index (χ1v) is 5.83. The Kier molecular flexibility index (Phi) is 4.15. The topological polar surface area (TPSA) is 37.3 Å². The van der Waals surface area contributed by atoms with Crippen molar-refractivity contribution < 1.29 is 14.3 Å². The number of hydrogen-bond donors (Lipinski definition) is 1. The Morgan fingerprint density at radius 3 is 2.80 bits per heavy atom. The Balaban J connectivity index is 3.05. The van der Waals surface area contributed by atoms with Gasteiger partial charge < -0.3 is 5.11 Å². The van der Waals surface area contributed by atoms with Crippen LogP contribution in [-0.4, -0.2) is 17.3 Å². The molecular formula is C11H13FO2S. The number of thioether (sulfide) groups is 1. The summed E-state index contributed by atoms with van der Waals surface area (Å²) >= 11 is 1.43. The lowest BCUT2D eigenvalue weighted by atomic mass is 9.97. The smallest absolute Gasteiger partial charge is 0.303 e. The Labute approximate surface area is 92.5 Å². The summed E-state index contributed by atoms with van der Waals surface area (Å²) in [5, 5.41) is 8.67. The molecule has 0 fully saturated rings. The van der Waals surface area contributed by atoms with Crippen molar-refractivity contribution in [3.05, 3.63) is 29.6 Å². The third kappa shape index (κ3) is 2.96. The van der Waals surface area contributed by atoms with Gasteiger partial charge in [-0.25, -0.2) is 4.39 Å². The molecule has 0 heterocycles. The molecule has 0 saturated carbocycles. The van der Waals surface area contributed by atoms with Gasteiger partial charge in [-0.1, -0.05) is 13.0 Å². The average Bonchev–Trinajstić information content (AvgIpc) is 2.15. The van der Waals surface area contributed by atoms with Gasteiger partial charge in [-0.2, -0.15) is 0 Å². The molecule has 1 N–H and O–H groups in total. The van der Waals surface area contributed by atoms with Crippen LogP contribution in [0.2, 0.25) is 0 Å². The van der Waals surface area contributed by atoms with E-state index in [0.717, 1.165) is 4.90 Å². The number of carboxylic acids is 1. The van der Waals surface area contributed by atoms with Gasteiger partial charge in [0.05, 0.1) is 6.42 Å². The molecule has 0 radical (unpaired) electrons. The number of carboxylic acid groups (broad SMARTS) is 1. The summed E-state index contributed by atoms with van der Waals surface area (Å²) in [4.78, 5) is 11.4. The maximum atomic E-state index is 13.5. The second-order valence-electron chi connectivity index (χ2n) is 3.35. The van der Waals surface area contributed by atoms with E-state index in [9.17, 15) is 9.18 Å². The molecule has 0 amide bonds. The zero-order valence-electron chi connectivity index (χ0n) is 8.66. The van der Waals surface area contributed by atoms with Crippen LogP contribution in [0.3, 0.4) is 0 Å². The zero-order valence-corrected chi connectivity index (χ0v) is 9.47. The lowest BCUT2D eigenvalue weighted by Gasteiger charge is -2.14. The number of carbonyl (C=O) groups is 1. The lowest BCUT2D eigenvalue weighted by Crippen LogP contribution is -2.06. The van der Waals surface area contributed by atoms with Crippen LogP contribution in [-0.2, 0) is 4.79 Å². The standard InChI is InChI=1S/C11H13FO2S/c1-7(6-10(13)14)11-8(12)4-3-5-9(11)15-2/h3-5,7H,6H2,1-2H3,(H,13,14). The molecule has 82 valence electrons. The maximum absolute atomic E-state index is 13.5. The Morgan fingerprint density at radius 2 is 2.27 bits per heavy atom. The van der Waals surface area contributed by atoms with E-state index in [1.54, 1.807) is 19.1 Å². The van der Waals surface area contributed by atoms with Crippen molar-refractivity contribution in [2.75, 3.05) is 6.26 Å². The van der Waals surface area contributed by atoms with Crippen LogP contribution in [0.5, 0.6) is 0 Å². The summed E-state index contributed by atoms with van der Waals surface area (Å²) in [6.45, 7) is 1.73. The van der Waals surface area contributed by atoms with Gasteiger partial charge in [0.15, 0.2) is 0 Å². The number of halogens is 1. The predicted octanol–water partition coefficient (Wildman–Crippen LogP) is 3.13. The molecule has 2 nitrogen and oxygen atoms in total. The van der Waals surface area contributed by atoms with Crippen LogP contribution in [0.1, 0.15) is 24.8 Å². The minimum Gasteiger partial charge on any atom is -0.481 e. The second kappa shape index (κ2) is 5.16. The van der Waals surface area contributed by atoms with E-state index >= 15 is 0 Å². The van der Waals surface area contributed by atoms with Gasteiger partial charge in [0.2, 0.25) is 0 Å². The Morgan fingerprint density at radius 1 is 1.60 bits per heavy atom. The lowest BCUT2D eigenvalue weighted by molar-refractivity contribution is -0.137. The highest BCUT2D eigenvalue weighted by Gasteiger charge is 2.17. The van der Waals surface area contributed by atoms with E-state index in [-0.39, 0.29) is 18.2 Å². The van der Waals surface area contributed by atoms with Gasteiger partial charge in [0.1, 0.15) is 5.82 Å². The van der Waals surface area contributed by atoms with Crippen LogP contribution in [0.4, 0.5) is 4.39 Å². The summed E-state index contributed by atoms with van der Waals surface area (Å²) in [6.07, 6.45) is 1.81. The number of benzene rings is 1. The molecular weight excluding hydrogens is 215 g/mol. The molecule has 0 spiro atoms. The highest BCUT2D eigenvalue weighted by molar-refractivity contribution is 7.98. The van der Waals surface area contributed by atoms with Crippen LogP contribution in [0.25, 0.3) is 0 Å². The van der Waals surface area contributed by atoms with Crippen LogP contribution >= 0.6 is 11.8 Å². The number of rotatable bonds is 4. The normalized spacial score (nSPS) is 12.5. The van der Waals surface area contributed by atoms with E-state index in [1.165, 1.54) is 17.8 Å². The summed E-state index contributed by atoms with van der Waals surface area (Å²) < 4.78 is 13.5. The van der Waals surface area contributed by atoms with Crippen LogP contribution in [0.15, 0.2) is 23.1 Å². The first-order valence-electron chi connectivity index (χ1n) is 4.60.